The second kappa shape index (κ2) is 11.8. The lowest BCUT2D eigenvalue weighted by Gasteiger charge is -2.23. The Morgan fingerprint density at radius 2 is 1.88 bits per heavy atom. The number of carbonyl (C=O) groups excluding carboxylic acids is 2. The highest BCUT2D eigenvalue weighted by atomic mass is 32.2. The summed E-state index contributed by atoms with van der Waals surface area (Å²) >= 11 is 1.18. The number of nitrogens with zero attached hydrogens (tertiary/aromatic N) is 5. The van der Waals surface area contributed by atoms with Crippen molar-refractivity contribution in [2.45, 2.75) is 26.1 Å². The fraction of sp³-hybridized carbons (Fsp3) is 0.207. The molecule has 5 rings (SSSR count). The normalized spacial score (nSPS) is 15.3. The molecule has 1 N–H and O–H groups in total. The first kappa shape index (κ1) is 29.0. The molecule has 2 aromatic carbocycles. The van der Waals surface area contributed by atoms with Crippen molar-refractivity contribution < 1.29 is 27.5 Å². The minimum atomic E-state index is -4.46. The van der Waals surface area contributed by atoms with Crippen molar-refractivity contribution in [1.29, 1.82) is 0 Å². The highest BCUT2D eigenvalue weighted by Crippen LogP contribution is 2.35. The lowest BCUT2D eigenvalue weighted by molar-refractivity contribution is -0.137. The summed E-state index contributed by atoms with van der Waals surface area (Å²) in [6.45, 7) is 3.80. The molecule has 0 bridgehead atoms. The fourth-order valence-electron chi connectivity index (χ4n) is 4.27. The zero-order chi connectivity index (χ0) is 30.0. The van der Waals surface area contributed by atoms with Gasteiger partial charge in [0.1, 0.15) is 12.1 Å². The van der Waals surface area contributed by atoms with E-state index in [4.69, 9.17) is 4.74 Å². The van der Waals surface area contributed by atoms with Gasteiger partial charge in [-0.2, -0.15) is 18.2 Å². The van der Waals surface area contributed by atoms with Crippen molar-refractivity contribution in [3.05, 3.63) is 90.0 Å². The number of imidazole rings is 1. The van der Waals surface area contributed by atoms with E-state index < -0.39 is 17.8 Å². The van der Waals surface area contributed by atoms with Crippen LogP contribution in [-0.4, -0.2) is 44.5 Å². The second-order valence-corrected chi connectivity index (χ2v) is 10.4. The third-order valence-electron chi connectivity index (χ3n) is 6.54. The summed E-state index contributed by atoms with van der Waals surface area (Å²) in [6.07, 6.45) is -0.868. The van der Waals surface area contributed by atoms with Crippen molar-refractivity contribution in [3.8, 4) is 17.1 Å². The van der Waals surface area contributed by atoms with Gasteiger partial charge >= 0.3 is 12.2 Å². The molecule has 1 atom stereocenters. The number of halogens is 3. The topological polar surface area (TPSA) is 102 Å². The van der Waals surface area contributed by atoms with E-state index >= 15 is 0 Å². The van der Waals surface area contributed by atoms with Crippen LogP contribution in [-0.2, 0) is 15.7 Å². The number of hydrogen-bond acceptors (Lipinski definition) is 6. The van der Waals surface area contributed by atoms with E-state index in [1.165, 1.54) is 33.6 Å². The molecule has 1 fully saturated rings. The van der Waals surface area contributed by atoms with Gasteiger partial charge in [-0.05, 0) is 49.7 Å². The zero-order valence-electron chi connectivity index (χ0n) is 22.7. The molecule has 1 saturated heterocycles. The number of hydrogen-bond donors (Lipinski definition) is 1. The number of urea groups is 1. The Bertz CT molecular complexity index is 1650. The van der Waals surface area contributed by atoms with Crippen LogP contribution in [0.15, 0.2) is 78.3 Å². The summed E-state index contributed by atoms with van der Waals surface area (Å²) in [5.41, 5.74) is 3.30. The molecular weight excluding hydrogens is 569 g/mol. The first-order valence-electron chi connectivity index (χ1n) is 12.7. The van der Waals surface area contributed by atoms with E-state index in [0.717, 1.165) is 23.4 Å². The van der Waals surface area contributed by atoms with Gasteiger partial charge in [-0.25, -0.2) is 14.8 Å². The molecule has 42 heavy (non-hydrogen) atoms. The number of thioether (sulfide) groups is 1. The van der Waals surface area contributed by atoms with Crippen LogP contribution in [0.5, 0.6) is 0 Å². The summed E-state index contributed by atoms with van der Waals surface area (Å²) in [7, 11) is 1.59. The maximum absolute atomic E-state index is 12.8. The SMILES string of the molecule is COC(C)c1ccc(C)cc1N1C(=O)CS/C1=N\C(=O)Nc1ccc(-c2cn(-c3ccc(C(F)(F)F)cn3)cn2)cc1. The van der Waals surface area contributed by atoms with Gasteiger partial charge in [0.15, 0.2) is 5.17 Å². The van der Waals surface area contributed by atoms with Gasteiger partial charge in [0.25, 0.3) is 0 Å². The Morgan fingerprint density at radius 1 is 1.12 bits per heavy atom. The minimum absolute atomic E-state index is 0.157. The van der Waals surface area contributed by atoms with Gasteiger partial charge in [0, 0.05) is 36.3 Å². The van der Waals surface area contributed by atoms with Gasteiger partial charge in [0.05, 0.1) is 28.8 Å². The summed E-state index contributed by atoms with van der Waals surface area (Å²) in [6, 6.07) is 14.1. The number of aliphatic imine (C=N–C) groups is 1. The summed E-state index contributed by atoms with van der Waals surface area (Å²) in [5.74, 6) is 0.262. The van der Waals surface area contributed by atoms with Crippen LogP contribution in [0, 0.1) is 6.92 Å². The molecule has 0 aliphatic carbocycles. The molecule has 1 aliphatic heterocycles. The Kier molecular flexibility index (Phi) is 8.14. The van der Waals surface area contributed by atoms with Crippen LogP contribution < -0.4 is 10.2 Å². The third kappa shape index (κ3) is 6.21. The number of aromatic nitrogens is 3. The van der Waals surface area contributed by atoms with Crippen molar-refractivity contribution in [3.63, 3.8) is 0 Å². The van der Waals surface area contributed by atoms with E-state index in [1.807, 2.05) is 32.0 Å². The number of nitrogens with one attached hydrogen (secondary N) is 1. The monoisotopic (exact) mass is 594 g/mol. The number of pyridine rings is 1. The van der Waals surface area contributed by atoms with Crippen LogP contribution in [0.3, 0.4) is 0 Å². The minimum Gasteiger partial charge on any atom is -0.377 e. The van der Waals surface area contributed by atoms with Crippen LogP contribution in [0.25, 0.3) is 17.1 Å². The number of carbonyl (C=O) groups is 2. The Labute approximate surface area is 243 Å². The number of rotatable bonds is 6. The number of amides is 3. The number of ether oxygens (including phenoxy) is 1. The fourth-order valence-corrected chi connectivity index (χ4v) is 5.12. The molecule has 13 heteroatoms. The first-order valence-corrected chi connectivity index (χ1v) is 13.7. The number of benzene rings is 2. The maximum Gasteiger partial charge on any atom is 0.417 e. The molecule has 0 saturated carbocycles. The zero-order valence-corrected chi connectivity index (χ0v) is 23.5. The molecule has 2 aromatic heterocycles. The van der Waals surface area contributed by atoms with Gasteiger partial charge in [0.2, 0.25) is 5.91 Å². The van der Waals surface area contributed by atoms with Gasteiger partial charge in [-0.15, -0.1) is 0 Å². The predicted octanol–water partition coefficient (Wildman–Crippen LogP) is 6.64. The molecule has 0 radical (unpaired) electrons. The molecule has 3 amide bonds. The summed E-state index contributed by atoms with van der Waals surface area (Å²) in [5, 5.41) is 2.98. The van der Waals surface area contributed by atoms with Crippen LogP contribution in [0.2, 0.25) is 0 Å². The van der Waals surface area contributed by atoms with E-state index in [1.54, 1.807) is 37.6 Å². The predicted molar refractivity (Wildman–Crippen MR) is 155 cm³/mol. The molecule has 3 heterocycles. The summed E-state index contributed by atoms with van der Waals surface area (Å²) in [4.78, 5) is 39.5. The van der Waals surface area contributed by atoms with Gasteiger partial charge < -0.3 is 10.1 Å². The van der Waals surface area contributed by atoms with Gasteiger partial charge in [-0.1, -0.05) is 36.0 Å². The van der Waals surface area contributed by atoms with Gasteiger partial charge in [-0.3, -0.25) is 14.3 Å². The highest BCUT2D eigenvalue weighted by molar-refractivity contribution is 8.15. The van der Waals surface area contributed by atoms with Crippen molar-refractivity contribution >= 4 is 40.2 Å². The van der Waals surface area contributed by atoms with E-state index in [9.17, 15) is 22.8 Å². The highest BCUT2D eigenvalue weighted by Gasteiger charge is 2.33. The molecule has 1 aliphatic rings. The average molecular weight is 595 g/mol. The van der Waals surface area contributed by atoms with Crippen LogP contribution in [0.1, 0.15) is 29.7 Å². The quantitative estimate of drug-likeness (QED) is 0.269. The number of aryl methyl sites for hydroxylation is 1. The standard InChI is InChI=1S/C29H25F3N6O3S/c1-17-4-10-22(18(2)41-3)24(12-17)38-26(39)15-42-28(38)36-27(40)35-21-8-5-19(6-9-21)23-14-37(16-34-23)25-11-7-20(13-33-25)29(30,31)32/h4-14,16,18H,15H2,1-3H3,(H,35,40)/b36-28-. The summed E-state index contributed by atoms with van der Waals surface area (Å²) < 4.78 is 45.4. The largest absolute Gasteiger partial charge is 0.417 e. The number of alkyl halides is 3. The molecule has 9 nitrogen and oxygen atoms in total. The number of methoxy groups -OCH3 is 1. The van der Waals surface area contributed by atoms with E-state index in [-0.39, 0.29) is 28.7 Å². The van der Waals surface area contributed by atoms with Crippen LogP contribution in [0.4, 0.5) is 29.3 Å². The van der Waals surface area contributed by atoms with E-state index in [0.29, 0.717) is 22.6 Å². The Hall–Kier alpha value is -4.49. The molecule has 216 valence electrons. The van der Waals surface area contributed by atoms with Crippen molar-refractivity contribution in [1.82, 2.24) is 14.5 Å². The van der Waals surface area contributed by atoms with E-state index in [2.05, 4.69) is 20.3 Å². The van der Waals surface area contributed by atoms with Crippen molar-refractivity contribution in [2.24, 2.45) is 4.99 Å². The molecular formula is C29H25F3N6O3S. The average Bonchev–Trinajstić information content (AvgIpc) is 3.59. The molecule has 1 unspecified atom stereocenters. The van der Waals surface area contributed by atoms with Crippen molar-refractivity contribution in [2.75, 3.05) is 23.1 Å². The lowest BCUT2D eigenvalue weighted by Crippen LogP contribution is -2.31. The second-order valence-electron chi connectivity index (χ2n) is 9.43. The third-order valence-corrected chi connectivity index (χ3v) is 7.46. The molecule has 0 spiro atoms. The first-order chi connectivity index (χ1) is 20.0. The number of anilines is 2. The lowest BCUT2D eigenvalue weighted by atomic mass is 10.0. The number of amidine groups is 1. The van der Waals surface area contributed by atoms with Crippen LogP contribution >= 0.6 is 11.8 Å². The Morgan fingerprint density at radius 3 is 2.55 bits per heavy atom. The molecule has 4 aromatic rings. The maximum atomic E-state index is 12.8. The smallest absolute Gasteiger partial charge is 0.377 e. The Balaban J connectivity index is 1.29.